The Labute approximate surface area is 83.6 Å². The van der Waals surface area contributed by atoms with Crippen molar-refractivity contribution in [2.45, 2.75) is 6.92 Å². The fraction of sp³-hybridized carbons (Fsp3) is 0.273. The molecule has 1 rings (SSSR count). The molecule has 0 atom stereocenters. The van der Waals surface area contributed by atoms with E-state index in [0.29, 0.717) is 17.1 Å². The first-order chi connectivity index (χ1) is 6.74. The number of phenolic OH excluding ortho intramolecular Hbond substituents is 1. The van der Waals surface area contributed by atoms with Crippen LogP contribution in [0.25, 0.3) is 6.08 Å². The van der Waals surface area contributed by atoms with Crippen LogP contribution >= 0.6 is 0 Å². The van der Waals surface area contributed by atoms with E-state index in [1.54, 1.807) is 32.4 Å². The smallest absolute Gasteiger partial charge is 0.171 e. The Hall–Kier alpha value is -1.64. The van der Waals surface area contributed by atoms with Gasteiger partial charge in [0.1, 0.15) is 5.75 Å². The summed E-state index contributed by atoms with van der Waals surface area (Å²) in [6, 6.07) is 3.25. The predicted molar refractivity (Wildman–Crippen MR) is 55.9 cm³/mol. The highest BCUT2D eigenvalue weighted by molar-refractivity contribution is 5.68. The molecule has 0 aromatic heterocycles. The molecule has 0 bridgehead atoms. The normalized spacial score (nSPS) is 10.5. The molecule has 0 aliphatic rings. The molecule has 0 saturated heterocycles. The molecule has 0 aliphatic heterocycles. The van der Waals surface area contributed by atoms with Crippen LogP contribution in [-0.4, -0.2) is 19.3 Å². The van der Waals surface area contributed by atoms with Gasteiger partial charge in [-0.05, 0) is 19.1 Å². The zero-order chi connectivity index (χ0) is 10.6. The van der Waals surface area contributed by atoms with Crippen LogP contribution in [0.3, 0.4) is 0 Å². The molecular formula is C11H14O3. The summed E-state index contributed by atoms with van der Waals surface area (Å²) >= 11 is 0. The maximum atomic E-state index is 9.59. The van der Waals surface area contributed by atoms with Gasteiger partial charge in [0, 0.05) is 0 Å². The van der Waals surface area contributed by atoms with Gasteiger partial charge in [0.05, 0.1) is 19.8 Å². The third-order valence-electron chi connectivity index (χ3n) is 1.89. The maximum Gasteiger partial charge on any atom is 0.171 e. The van der Waals surface area contributed by atoms with E-state index in [-0.39, 0.29) is 5.75 Å². The molecule has 1 aromatic rings. The average molecular weight is 194 g/mol. The minimum absolute atomic E-state index is 0.181. The van der Waals surface area contributed by atoms with Crippen molar-refractivity contribution >= 4 is 6.08 Å². The van der Waals surface area contributed by atoms with E-state index < -0.39 is 0 Å². The SMILES string of the molecule is CC=Cc1c(O)ccc(OC)c1OC. The van der Waals surface area contributed by atoms with Crippen molar-refractivity contribution < 1.29 is 14.6 Å². The molecule has 3 heteroatoms. The van der Waals surface area contributed by atoms with E-state index in [0.717, 1.165) is 0 Å². The molecule has 14 heavy (non-hydrogen) atoms. The van der Waals surface area contributed by atoms with Crippen LogP contribution in [0.15, 0.2) is 18.2 Å². The number of benzene rings is 1. The molecule has 0 amide bonds. The number of ether oxygens (including phenoxy) is 2. The van der Waals surface area contributed by atoms with E-state index in [4.69, 9.17) is 9.47 Å². The van der Waals surface area contributed by atoms with Crippen LogP contribution < -0.4 is 9.47 Å². The van der Waals surface area contributed by atoms with Crippen molar-refractivity contribution in [3.05, 3.63) is 23.8 Å². The second-order valence-corrected chi connectivity index (χ2v) is 2.73. The van der Waals surface area contributed by atoms with Crippen molar-refractivity contribution in [2.24, 2.45) is 0 Å². The van der Waals surface area contributed by atoms with Gasteiger partial charge in [0.2, 0.25) is 0 Å². The Bertz CT molecular complexity index is 343. The summed E-state index contributed by atoms with van der Waals surface area (Å²) in [4.78, 5) is 0. The number of phenols is 1. The van der Waals surface area contributed by atoms with Gasteiger partial charge < -0.3 is 14.6 Å². The molecule has 1 N–H and O–H groups in total. The number of allylic oxidation sites excluding steroid dienone is 1. The number of rotatable bonds is 3. The molecule has 3 nitrogen and oxygen atoms in total. The number of methoxy groups -OCH3 is 2. The Morgan fingerprint density at radius 2 is 1.93 bits per heavy atom. The summed E-state index contributed by atoms with van der Waals surface area (Å²) in [5.41, 5.74) is 0.634. The van der Waals surface area contributed by atoms with Gasteiger partial charge in [-0.1, -0.05) is 12.2 Å². The van der Waals surface area contributed by atoms with Crippen LogP contribution in [0.1, 0.15) is 12.5 Å². The molecule has 76 valence electrons. The van der Waals surface area contributed by atoms with E-state index >= 15 is 0 Å². The van der Waals surface area contributed by atoms with Gasteiger partial charge in [-0.3, -0.25) is 0 Å². The molecule has 0 spiro atoms. The zero-order valence-electron chi connectivity index (χ0n) is 8.57. The predicted octanol–water partition coefficient (Wildman–Crippen LogP) is 2.44. The fourth-order valence-corrected chi connectivity index (χ4v) is 1.27. The van der Waals surface area contributed by atoms with Gasteiger partial charge >= 0.3 is 0 Å². The van der Waals surface area contributed by atoms with E-state index in [1.807, 2.05) is 13.0 Å². The fourth-order valence-electron chi connectivity index (χ4n) is 1.27. The van der Waals surface area contributed by atoms with Crippen molar-refractivity contribution in [3.8, 4) is 17.2 Å². The summed E-state index contributed by atoms with van der Waals surface area (Å²) in [6.45, 7) is 1.87. The quantitative estimate of drug-likeness (QED) is 0.803. The summed E-state index contributed by atoms with van der Waals surface area (Å²) in [5.74, 6) is 1.34. The topological polar surface area (TPSA) is 38.7 Å². The summed E-state index contributed by atoms with van der Waals surface area (Å²) in [7, 11) is 3.11. The van der Waals surface area contributed by atoms with Crippen molar-refractivity contribution in [1.82, 2.24) is 0 Å². The maximum absolute atomic E-state index is 9.59. The summed E-state index contributed by atoms with van der Waals surface area (Å²) in [6.07, 6.45) is 3.60. The van der Waals surface area contributed by atoms with Crippen LogP contribution in [0.5, 0.6) is 17.2 Å². The van der Waals surface area contributed by atoms with Gasteiger partial charge in [-0.15, -0.1) is 0 Å². The standard InChI is InChI=1S/C11H14O3/c1-4-5-8-9(12)6-7-10(13-2)11(8)14-3/h4-7,12H,1-3H3. The molecule has 0 heterocycles. The first-order valence-electron chi connectivity index (χ1n) is 4.31. The third-order valence-corrected chi connectivity index (χ3v) is 1.89. The average Bonchev–Trinajstić information content (AvgIpc) is 2.21. The molecule has 0 aliphatic carbocycles. The summed E-state index contributed by atoms with van der Waals surface area (Å²) < 4.78 is 10.3. The Morgan fingerprint density at radius 1 is 1.21 bits per heavy atom. The third kappa shape index (κ3) is 1.82. The van der Waals surface area contributed by atoms with E-state index in [1.165, 1.54) is 0 Å². The number of aromatic hydroxyl groups is 1. The van der Waals surface area contributed by atoms with Crippen molar-refractivity contribution in [1.29, 1.82) is 0 Å². The van der Waals surface area contributed by atoms with Gasteiger partial charge in [-0.2, -0.15) is 0 Å². The highest BCUT2D eigenvalue weighted by Gasteiger charge is 2.11. The van der Waals surface area contributed by atoms with Gasteiger partial charge in [-0.25, -0.2) is 0 Å². The highest BCUT2D eigenvalue weighted by atomic mass is 16.5. The monoisotopic (exact) mass is 194 g/mol. The molecule has 1 aromatic carbocycles. The number of hydrogen-bond donors (Lipinski definition) is 1. The van der Waals surface area contributed by atoms with Crippen LogP contribution in [0.2, 0.25) is 0 Å². The lowest BCUT2D eigenvalue weighted by Crippen LogP contribution is -1.93. The van der Waals surface area contributed by atoms with Crippen molar-refractivity contribution in [3.63, 3.8) is 0 Å². The van der Waals surface area contributed by atoms with Gasteiger partial charge in [0.15, 0.2) is 11.5 Å². The zero-order valence-corrected chi connectivity index (χ0v) is 8.57. The first-order valence-corrected chi connectivity index (χ1v) is 4.31. The van der Waals surface area contributed by atoms with Crippen LogP contribution in [0, 0.1) is 0 Å². The Morgan fingerprint density at radius 3 is 2.43 bits per heavy atom. The molecule has 0 fully saturated rings. The minimum Gasteiger partial charge on any atom is -0.507 e. The van der Waals surface area contributed by atoms with Crippen LogP contribution in [-0.2, 0) is 0 Å². The van der Waals surface area contributed by atoms with E-state index in [2.05, 4.69) is 0 Å². The lowest BCUT2D eigenvalue weighted by Gasteiger charge is -2.11. The highest BCUT2D eigenvalue weighted by Crippen LogP contribution is 2.37. The molecule has 0 radical (unpaired) electrons. The largest absolute Gasteiger partial charge is 0.507 e. The van der Waals surface area contributed by atoms with Gasteiger partial charge in [0.25, 0.3) is 0 Å². The first kappa shape index (κ1) is 10.4. The summed E-state index contributed by atoms with van der Waals surface area (Å²) in [5, 5.41) is 9.59. The molecular weight excluding hydrogens is 180 g/mol. The second-order valence-electron chi connectivity index (χ2n) is 2.73. The van der Waals surface area contributed by atoms with Crippen molar-refractivity contribution in [2.75, 3.05) is 14.2 Å². The van der Waals surface area contributed by atoms with Crippen LogP contribution in [0.4, 0.5) is 0 Å². The number of hydrogen-bond acceptors (Lipinski definition) is 3. The lowest BCUT2D eigenvalue weighted by molar-refractivity contribution is 0.350. The second kappa shape index (κ2) is 4.56. The Balaban J connectivity index is 3.34. The molecule has 0 unspecified atom stereocenters. The lowest BCUT2D eigenvalue weighted by atomic mass is 10.1. The molecule has 0 saturated carbocycles. The van der Waals surface area contributed by atoms with E-state index in [9.17, 15) is 5.11 Å². The minimum atomic E-state index is 0.181. The Kier molecular flexibility index (Phi) is 3.40.